The minimum Gasteiger partial charge on any atom is -0.447 e. The lowest BCUT2D eigenvalue weighted by atomic mass is 10.2. The Balaban J connectivity index is 2.69. The SMILES string of the molecule is C=C/C=C(\C=C/C)/C=C/C(=O)N1CCOC1=O. The van der Waals surface area contributed by atoms with E-state index in [-0.39, 0.29) is 12.5 Å². The van der Waals surface area contributed by atoms with Gasteiger partial charge in [0.15, 0.2) is 0 Å². The second-order valence-corrected chi connectivity index (χ2v) is 3.34. The third-order valence-electron chi connectivity index (χ3n) is 2.11. The number of carbonyl (C=O) groups is 2. The maximum atomic E-state index is 11.6. The molecule has 90 valence electrons. The van der Waals surface area contributed by atoms with Gasteiger partial charge >= 0.3 is 6.09 Å². The van der Waals surface area contributed by atoms with Crippen molar-refractivity contribution in [3.05, 3.63) is 48.6 Å². The van der Waals surface area contributed by atoms with Crippen molar-refractivity contribution >= 4 is 12.0 Å². The number of amides is 2. The Morgan fingerprint density at radius 3 is 2.71 bits per heavy atom. The smallest absolute Gasteiger partial charge is 0.416 e. The summed E-state index contributed by atoms with van der Waals surface area (Å²) < 4.78 is 4.68. The molecule has 2 amide bonds. The van der Waals surface area contributed by atoms with Crippen LogP contribution in [0, 0.1) is 0 Å². The first-order valence-electron chi connectivity index (χ1n) is 5.30. The molecule has 0 aromatic rings. The van der Waals surface area contributed by atoms with Crippen LogP contribution >= 0.6 is 0 Å². The average Bonchev–Trinajstić information content (AvgIpc) is 2.72. The van der Waals surface area contributed by atoms with E-state index < -0.39 is 6.09 Å². The molecule has 0 aromatic carbocycles. The van der Waals surface area contributed by atoms with Crippen LogP contribution in [0.15, 0.2) is 48.6 Å². The minimum atomic E-state index is -0.583. The van der Waals surface area contributed by atoms with E-state index in [1.54, 1.807) is 18.2 Å². The normalized spacial score (nSPS) is 16.9. The quantitative estimate of drug-likeness (QED) is 0.552. The highest BCUT2D eigenvalue weighted by molar-refractivity contribution is 5.99. The predicted molar refractivity (Wildman–Crippen MR) is 65.3 cm³/mol. The number of imide groups is 1. The van der Waals surface area contributed by atoms with Crippen LogP contribution in [0.2, 0.25) is 0 Å². The molecule has 0 radical (unpaired) electrons. The summed E-state index contributed by atoms with van der Waals surface area (Å²) in [4.78, 5) is 23.8. The second-order valence-electron chi connectivity index (χ2n) is 3.34. The van der Waals surface area contributed by atoms with Gasteiger partial charge in [-0.05, 0) is 18.6 Å². The first-order chi connectivity index (χ1) is 8.19. The molecule has 17 heavy (non-hydrogen) atoms. The van der Waals surface area contributed by atoms with Crippen LogP contribution in [0.25, 0.3) is 0 Å². The van der Waals surface area contributed by atoms with Crippen LogP contribution in [-0.2, 0) is 9.53 Å². The van der Waals surface area contributed by atoms with Gasteiger partial charge in [-0.2, -0.15) is 0 Å². The molecule has 0 unspecified atom stereocenters. The Morgan fingerprint density at radius 2 is 2.18 bits per heavy atom. The molecular formula is C13H15NO3. The van der Waals surface area contributed by atoms with Crippen molar-refractivity contribution < 1.29 is 14.3 Å². The first kappa shape index (κ1) is 13.0. The summed E-state index contributed by atoms with van der Waals surface area (Å²) in [6.45, 7) is 6.04. The zero-order valence-electron chi connectivity index (χ0n) is 9.76. The molecule has 0 bridgehead atoms. The van der Waals surface area contributed by atoms with Gasteiger partial charge in [0.1, 0.15) is 6.61 Å². The van der Waals surface area contributed by atoms with E-state index in [1.165, 1.54) is 6.08 Å². The van der Waals surface area contributed by atoms with Crippen LogP contribution in [0.1, 0.15) is 6.92 Å². The zero-order valence-corrected chi connectivity index (χ0v) is 9.76. The largest absolute Gasteiger partial charge is 0.447 e. The molecule has 4 nitrogen and oxygen atoms in total. The lowest BCUT2D eigenvalue weighted by Crippen LogP contribution is -2.29. The summed E-state index contributed by atoms with van der Waals surface area (Å²) in [6.07, 6.45) is 9.50. The lowest BCUT2D eigenvalue weighted by Gasteiger charge is -2.06. The van der Waals surface area contributed by atoms with E-state index in [0.717, 1.165) is 10.5 Å². The first-order valence-corrected chi connectivity index (χ1v) is 5.30. The fourth-order valence-electron chi connectivity index (χ4n) is 1.35. The van der Waals surface area contributed by atoms with Gasteiger partial charge in [0.25, 0.3) is 5.91 Å². The van der Waals surface area contributed by atoms with Gasteiger partial charge in [0.05, 0.1) is 6.54 Å². The van der Waals surface area contributed by atoms with Crippen LogP contribution < -0.4 is 0 Å². The van der Waals surface area contributed by atoms with Crippen LogP contribution in [0.3, 0.4) is 0 Å². The molecule has 0 N–H and O–H groups in total. The molecule has 0 spiro atoms. The minimum absolute atomic E-state index is 0.266. The molecule has 1 aliphatic rings. The van der Waals surface area contributed by atoms with Crippen molar-refractivity contribution in [1.29, 1.82) is 0 Å². The fourth-order valence-corrected chi connectivity index (χ4v) is 1.35. The van der Waals surface area contributed by atoms with Gasteiger partial charge in [-0.1, -0.05) is 30.9 Å². The molecule has 0 aromatic heterocycles. The third-order valence-corrected chi connectivity index (χ3v) is 2.11. The summed E-state index contributed by atoms with van der Waals surface area (Å²) in [5.41, 5.74) is 0.836. The Hall–Kier alpha value is -2.10. The van der Waals surface area contributed by atoms with Crippen molar-refractivity contribution in [3.63, 3.8) is 0 Å². The maximum absolute atomic E-state index is 11.6. The molecule has 1 fully saturated rings. The van der Waals surface area contributed by atoms with Gasteiger partial charge in [-0.25, -0.2) is 9.69 Å². The van der Waals surface area contributed by atoms with Gasteiger partial charge in [-0.3, -0.25) is 4.79 Å². The molecular weight excluding hydrogens is 218 g/mol. The molecule has 1 heterocycles. The van der Waals surface area contributed by atoms with Crippen molar-refractivity contribution in [2.24, 2.45) is 0 Å². The average molecular weight is 233 g/mol. The number of ether oxygens (including phenoxy) is 1. The number of nitrogens with zero attached hydrogens (tertiary/aromatic N) is 1. The molecule has 1 aliphatic heterocycles. The molecule has 0 atom stereocenters. The van der Waals surface area contributed by atoms with E-state index >= 15 is 0 Å². The lowest BCUT2D eigenvalue weighted by molar-refractivity contribution is -0.122. The molecule has 1 rings (SSSR count). The summed E-state index contributed by atoms with van der Waals surface area (Å²) in [6, 6.07) is 0. The Bertz CT molecular complexity index is 405. The number of hydrogen-bond donors (Lipinski definition) is 0. The van der Waals surface area contributed by atoms with Gasteiger partial charge < -0.3 is 4.74 Å². The summed E-state index contributed by atoms with van der Waals surface area (Å²) in [5, 5.41) is 0. The Labute approximate surface area is 101 Å². The van der Waals surface area contributed by atoms with Crippen molar-refractivity contribution in [2.75, 3.05) is 13.2 Å². The number of allylic oxidation sites excluding steroid dienone is 6. The monoisotopic (exact) mass is 233 g/mol. The Kier molecular flexibility index (Phi) is 4.94. The van der Waals surface area contributed by atoms with Gasteiger partial charge in [-0.15, -0.1) is 0 Å². The predicted octanol–water partition coefficient (Wildman–Crippen LogP) is 2.21. The summed E-state index contributed by atoms with van der Waals surface area (Å²) in [5.74, 6) is -0.369. The van der Waals surface area contributed by atoms with E-state index in [4.69, 9.17) is 0 Å². The van der Waals surface area contributed by atoms with Crippen molar-refractivity contribution in [3.8, 4) is 0 Å². The second kappa shape index (κ2) is 6.48. The van der Waals surface area contributed by atoms with Crippen molar-refractivity contribution in [1.82, 2.24) is 4.90 Å². The van der Waals surface area contributed by atoms with Gasteiger partial charge in [0.2, 0.25) is 0 Å². The molecule has 1 saturated heterocycles. The van der Waals surface area contributed by atoms with Crippen LogP contribution in [0.4, 0.5) is 4.79 Å². The zero-order chi connectivity index (χ0) is 12.7. The van der Waals surface area contributed by atoms with Gasteiger partial charge in [0, 0.05) is 6.08 Å². The van der Waals surface area contributed by atoms with E-state index in [0.29, 0.717) is 6.54 Å². The highest BCUT2D eigenvalue weighted by atomic mass is 16.6. The van der Waals surface area contributed by atoms with E-state index in [9.17, 15) is 9.59 Å². The Morgan fingerprint density at radius 1 is 1.41 bits per heavy atom. The molecule has 0 saturated carbocycles. The van der Waals surface area contributed by atoms with E-state index in [1.807, 2.05) is 19.1 Å². The molecule has 4 heteroatoms. The number of cyclic esters (lactones) is 1. The highest BCUT2D eigenvalue weighted by Gasteiger charge is 2.26. The summed E-state index contributed by atoms with van der Waals surface area (Å²) in [7, 11) is 0. The molecule has 0 aliphatic carbocycles. The highest BCUT2D eigenvalue weighted by Crippen LogP contribution is 2.06. The summed E-state index contributed by atoms with van der Waals surface area (Å²) >= 11 is 0. The number of rotatable bonds is 4. The third kappa shape index (κ3) is 3.75. The fraction of sp³-hybridized carbons (Fsp3) is 0.231. The number of carbonyl (C=O) groups excluding carboxylic acids is 2. The van der Waals surface area contributed by atoms with Crippen LogP contribution in [0.5, 0.6) is 0 Å². The topological polar surface area (TPSA) is 46.6 Å². The number of hydrogen-bond acceptors (Lipinski definition) is 3. The van der Waals surface area contributed by atoms with Crippen molar-refractivity contribution in [2.45, 2.75) is 6.92 Å². The van der Waals surface area contributed by atoms with Crippen LogP contribution in [-0.4, -0.2) is 30.1 Å². The standard InChI is InChI=1S/C13H15NO3/c1-3-5-11(6-4-2)7-8-12(15)14-9-10-17-13(14)16/h3-8H,1,9-10H2,2H3/b6-4-,8-7+,11-5+. The van der Waals surface area contributed by atoms with E-state index in [2.05, 4.69) is 11.3 Å². The maximum Gasteiger partial charge on any atom is 0.416 e.